The Bertz CT molecular complexity index is 534. The first kappa shape index (κ1) is 12.4. The van der Waals surface area contributed by atoms with Gasteiger partial charge in [-0.05, 0) is 24.6 Å². The summed E-state index contributed by atoms with van der Waals surface area (Å²) in [5, 5.41) is 12.3. The van der Waals surface area contributed by atoms with Crippen LogP contribution in [0.2, 0.25) is 0 Å². The van der Waals surface area contributed by atoms with E-state index in [1.165, 1.54) is 0 Å². The van der Waals surface area contributed by atoms with Crippen molar-refractivity contribution in [3.8, 4) is 5.75 Å². The van der Waals surface area contributed by atoms with Gasteiger partial charge in [-0.3, -0.25) is 0 Å². The molecule has 0 spiro atoms. The molecular formula is C11H10F2N2O3. The number of benzene rings is 1. The maximum Gasteiger partial charge on any atom is 0.264 e. The third-order valence-electron chi connectivity index (χ3n) is 2.15. The Morgan fingerprint density at radius 3 is 2.50 bits per heavy atom. The predicted molar refractivity (Wildman–Crippen MR) is 55.6 cm³/mol. The number of aromatic nitrogens is 2. The number of aliphatic hydroxyl groups is 1. The van der Waals surface area contributed by atoms with Gasteiger partial charge in [0.05, 0.1) is 6.61 Å². The third-order valence-corrected chi connectivity index (χ3v) is 2.15. The summed E-state index contributed by atoms with van der Waals surface area (Å²) in [6.45, 7) is 0.939. The minimum Gasteiger partial charge on any atom is -0.478 e. The Hall–Kier alpha value is -2.02. The molecule has 0 saturated carbocycles. The summed E-state index contributed by atoms with van der Waals surface area (Å²) in [6.07, 6.45) is 0. The van der Waals surface area contributed by atoms with E-state index in [0.717, 1.165) is 12.1 Å². The van der Waals surface area contributed by atoms with Crippen molar-refractivity contribution < 1.29 is 23.1 Å². The zero-order valence-corrected chi connectivity index (χ0v) is 9.48. The topological polar surface area (TPSA) is 68.4 Å². The minimum absolute atomic E-state index is 0.123. The van der Waals surface area contributed by atoms with Gasteiger partial charge in [-0.2, -0.15) is 4.98 Å². The van der Waals surface area contributed by atoms with Gasteiger partial charge in [0.1, 0.15) is 0 Å². The van der Waals surface area contributed by atoms with E-state index in [1.54, 1.807) is 6.92 Å². The Morgan fingerprint density at radius 2 is 2.00 bits per heavy atom. The van der Waals surface area contributed by atoms with Crippen molar-refractivity contribution in [2.75, 3.05) is 0 Å². The lowest BCUT2D eigenvalue weighted by Gasteiger charge is -2.07. The summed E-state index contributed by atoms with van der Waals surface area (Å²) in [5.41, 5.74) is 0.131. The Labute approximate surface area is 101 Å². The maximum atomic E-state index is 13.5. The molecule has 0 aliphatic heterocycles. The van der Waals surface area contributed by atoms with Gasteiger partial charge in [0.25, 0.3) is 5.89 Å². The van der Waals surface area contributed by atoms with Gasteiger partial charge in [0.2, 0.25) is 0 Å². The van der Waals surface area contributed by atoms with Gasteiger partial charge < -0.3 is 14.4 Å². The summed E-state index contributed by atoms with van der Waals surface area (Å²) in [6, 6.07) is 1.99. The zero-order chi connectivity index (χ0) is 13.1. The van der Waals surface area contributed by atoms with Crippen LogP contribution in [0, 0.1) is 18.6 Å². The molecule has 1 aromatic carbocycles. The molecule has 1 heterocycles. The fraction of sp³-hybridized carbons (Fsp3) is 0.273. The second-order valence-corrected chi connectivity index (χ2v) is 3.57. The Kier molecular flexibility index (Phi) is 3.52. The van der Waals surface area contributed by atoms with Gasteiger partial charge in [-0.1, -0.05) is 5.16 Å². The number of rotatable bonds is 4. The summed E-state index contributed by atoms with van der Waals surface area (Å²) in [5.74, 6) is -1.80. The van der Waals surface area contributed by atoms with E-state index < -0.39 is 24.0 Å². The summed E-state index contributed by atoms with van der Waals surface area (Å²) in [7, 11) is 0. The predicted octanol–water partition coefficient (Wildman–Crippen LogP) is 1.73. The van der Waals surface area contributed by atoms with Crippen molar-refractivity contribution in [3.05, 3.63) is 41.0 Å². The van der Waals surface area contributed by atoms with Crippen molar-refractivity contribution in [2.45, 2.75) is 20.1 Å². The molecule has 0 bridgehead atoms. The maximum absolute atomic E-state index is 13.5. The number of nitrogens with zero attached hydrogens (tertiary/aromatic N) is 2. The average molecular weight is 256 g/mol. The zero-order valence-electron chi connectivity index (χ0n) is 9.48. The van der Waals surface area contributed by atoms with Crippen LogP contribution in [0.25, 0.3) is 0 Å². The van der Waals surface area contributed by atoms with Crippen molar-refractivity contribution in [3.63, 3.8) is 0 Å². The normalized spacial score (nSPS) is 10.7. The van der Waals surface area contributed by atoms with E-state index in [2.05, 4.69) is 10.1 Å². The van der Waals surface area contributed by atoms with Crippen LogP contribution in [0.1, 0.15) is 17.3 Å². The van der Waals surface area contributed by atoms with E-state index in [-0.39, 0.29) is 18.1 Å². The highest BCUT2D eigenvalue weighted by atomic mass is 19.1. The molecule has 0 atom stereocenters. The number of halogens is 2. The van der Waals surface area contributed by atoms with Crippen LogP contribution in [0.3, 0.4) is 0 Å². The van der Waals surface area contributed by atoms with E-state index in [1.807, 2.05) is 0 Å². The van der Waals surface area contributed by atoms with E-state index in [4.69, 9.17) is 14.4 Å². The molecule has 0 amide bonds. The first-order valence-electron chi connectivity index (χ1n) is 5.11. The highest BCUT2D eigenvalue weighted by Crippen LogP contribution is 2.24. The molecule has 7 heteroatoms. The van der Waals surface area contributed by atoms with Crippen LogP contribution in [-0.4, -0.2) is 15.2 Å². The van der Waals surface area contributed by atoms with E-state index >= 15 is 0 Å². The minimum atomic E-state index is -0.893. The Morgan fingerprint density at radius 1 is 1.33 bits per heavy atom. The van der Waals surface area contributed by atoms with Crippen LogP contribution >= 0.6 is 0 Å². The molecule has 0 fully saturated rings. The van der Waals surface area contributed by atoms with Gasteiger partial charge in [-0.25, -0.2) is 8.78 Å². The van der Waals surface area contributed by atoms with Crippen LogP contribution in [0.15, 0.2) is 16.7 Å². The van der Waals surface area contributed by atoms with Gasteiger partial charge in [0, 0.05) is 0 Å². The smallest absolute Gasteiger partial charge is 0.264 e. The monoisotopic (exact) mass is 256 g/mol. The molecule has 2 rings (SSSR count). The molecule has 18 heavy (non-hydrogen) atoms. The van der Waals surface area contributed by atoms with Crippen LogP contribution < -0.4 is 4.74 Å². The van der Waals surface area contributed by atoms with Crippen molar-refractivity contribution in [1.29, 1.82) is 0 Å². The van der Waals surface area contributed by atoms with Crippen molar-refractivity contribution in [1.82, 2.24) is 10.1 Å². The lowest BCUT2D eigenvalue weighted by Crippen LogP contribution is -2.01. The molecule has 5 nitrogen and oxygen atoms in total. The van der Waals surface area contributed by atoms with Gasteiger partial charge >= 0.3 is 0 Å². The first-order valence-corrected chi connectivity index (χ1v) is 5.11. The molecule has 96 valence electrons. The quantitative estimate of drug-likeness (QED) is 0.902. The lowest BCUT2D eigenvalue weighted by molar-refractivity contribution is 0.223. The number of hydrogen-bond donors (Lipinski definition) is 1. The summed E-state index contributed by atoms with van der Waals surface area (Å²) in [4.78, 5) is 3.83. The highest BCUT2D eigenvalue weighted by Gasteiger charge is 2.14. The molecule has 1 aromatic heterocycles. The van der Waals surface area contributed by atoms with Crippen LogP contribution in [0.4, 0.5) is 8.78 Å². The van der Waals surface area contributed by atoms with Crippen molar-refractivity contribution in [2.24, 2.45) is 0 Å². The molecule has 0 radical (unpaired) electrons. The molecule has 0 aliphatic carbocycles. The van der Waals surface area contributed by atoms with Gasteiger partial charge in [0.15, 0.2) is 29.8 Å². The average Bonchev–Trinajstić information content (AvgIpc) is 2.73. The third kappa shape index (κ3) is 2.62. The van der Waals surface area contributed by atoms with Crippen LogP contribution in [0.5, 0.6) is 5.75 Å². The fourth-order valence-corrected chi connectivity index (χ4v) is 1.37. The molecule has 0 unspecified atom stereocenters. The van der Waals surface area contributed by atoms with Crippen molar-refractivity contribution >= 4 is 0 Å². The number of aliphatic hydroxyl groups excluding tert-OH is 1. The summed E-state index contributed by atoms with van der Waals surface area (Å²) >= 11 is 0. The SMILES string of the molecule is Cc1noc(COc2c(F)cc(CO)cc2F)n1. The molecule has 0 aliphatic rings. The number of aryl methyl sites for hydroxylation is 1. The molecule has 0 saturated heterocycles. The fourth-order valence-electron chi connectivity index (χ4n) is 1.37. The lowest BCUT2D eigenvalue weighted by atomic mass is 10.2. The standard InChI is InChI=1S/C11H10F2N2O3/c1-6-14-10(18-15-6)5-17-11-8(12)2-7(4-16)3-9(11)13/h2-3,16H,4-5H2,1H3. The van der Waals surface area contributed by atoms with Gasteiger partial charge in [-0.15, -0.1) is 0 Å². The molecule has 1 N–H and O–H groups in total. The number of hydrogen-bond acceptors (Lipinski definition) is 5. The molecule has 2 aromatic rings. The second kappa shape index (κ2) is 5.09. The first-order chi connectivity index (χ1) is 8.60. The summed E-state index contributed by atoms with van der Waals surface area (Å²) < 4.78 is 36.6. The number of ether oxygens (including phenoxy) is 1. The largest absolute Gasteiger partial charge is 0.478 e. The second-order valence-electron chi connectivity index (χ2n) is 3.57. The Balaban J connectivity index is 2.14. The highest BCUT2D eigenvalue weighted by molar-refractivity contribution is 5.31. The van der Waals surface area contributed by atoms with E-state index in [9.17, 15) is 8.78 Å². The molecular weight excluding hydrogens is 246 g/mol. The van der Waals surface area contributed by atoms with E-state index in [0.29, 0.717) is 5.82 Å². The van der Waals surface area contributed by atoms with Crippen LogP contribution in [-0.2, 0) is 13.2 Å².